The molecule has 88 valence electrons. The van der Waals surface area contributed by atoms with Gasteiger partial charge in [0.05, 0.1) is 6.20 Å². The summed E-state index contributed by atoms with van der Waals surface area (Å²) in [4.78, 5) is 11.8. The Bertz CT molecular complexity index is 374. The summed E-state index contributed by atoms with van der Waals surface area (Å²) in [5, 5.41) is 10.6. The maximum Gasteiger partial charge on any atom is 0.273 e. The second kappa shape index (κ2) is 4.63. The first-order chi connectivity index (χ1) is 7.66. The molecule has 2 atom stereocenters. The van der Waals surface area contributed by atoms with Crippen LogP contribution in [0.5, 0.6) is 0 Å². The molecule has 1 amide bonds. The topological polar surface area (TPSA) is 59.8 Å². The monoisotopic (exact) mass is 222 g/mol. The predicted octanol–water partition coefficient (Wildman–Crippen LogP) is 1.12. The summed E-state index contributed by atoms with van der Waals surface area (Å²) in [6.07, 6.45) is 6.40. The van der Waals surface area contributed by atoms with Crippen molar-refractivity contribution in [2.24, 2.45) is 13.0 Å². The van der Waals surface area contributed by atoms with Crippen molar-refractivity contribution in [2.75, 3.05) is 0 Å². The standard InChI is InChI=1S/C11H18N4O/c1-8-5-3-4-6-9(8)12-11(16)10-7-15(2)14-13-10/h7-9H,3-6H2,1-2H3,(H,12,16). The summed E-state index contributed by atoms with van der Waals surface area (Å²) in [5.41, 5.74) is 0.403. The summed E-state index contributed by atoms with van der Waals surface area (Å²) in [5.74, 6) is 0.459. The Hall–Kier alpha value is -1.39. The summed E-state index contributed by atoms with van der Waals surface area (Å²) >= 11 is 0. The summed E-state index contributed by atoms with van der Waals surface area (Å²) in [6, 6.07) is 0.295. The van der Waals surface area contributed by atoms with Crippen molar-refractivity contribution in [1.29, 1.82) is 0 Å². The van der Waals surface area contributed by atoms with E-state index in [2.05, 4.69) is 22.6 Å². The molecular formula is C11H18N4O. The highest BCUT2D eigenvalue weighted by Crippen LogP contribution is 2.23. The van der Waals surface area contributed by atoms with Crippen LogP contribution in [0.2, 0.25) is 0 Å². The van der Waals surface area contributed by atoms with Gasteiger partial charge in [0, 0.05) is 13.1 Å². The molecule has 0 spiro atoms. The second-order valence-corrected chi connectivity index (χ2v) is 4.62. The highest BCUT2D eigenvalue weighted by molar-refractivity contribution is 5.92. The van der Waals surface area contributed by atoms with Crippen molar-refractivity contribution < 1.29 is 4.79 Å². The van der Waals surface area contributed by atoms with E-state index < -0.39 is 0 Å². The lowest BCUT2D eigenvalue weighted by Crippen LogP contribution is -2.41. The molecule has 1 aromatic rings. The zero-order valence-electron chi connectivity index (χ0n) is 9.81. The number of amides is 1. The van der Waals surface area contributed by atoms with Gasteiger partial charge >= 0.3 is 0 Å². The number of hydrogen-bond acceptors (Lipinski definition) is 3. The van der Waals surface area contributed by atoms with Gasteiger partial charge in [-0.15, -0.1) is 5.10 Å². The number of nitrogens with one attached hydrogen (secondary N) is 1. The van der Waals surface area contributed by atoms with Gasteiger partial charge in [0.15, 0.2) is 5.69 Å². The highest BCUT2D eigenvalue weighted by atomic mass is 16.2. The molecule has 0 bridgehead atoms. The van der Waals surface area contributed by atoms with Crippen LogP contribution in [-0.4, -0.2) is 26.9 Å². The van der Waals surface area contributed by atoms with E-state index >= 15 is 0 Å². The van der Waals surface area contributed by atoms with Gasteiger partial charge in [0.2, 0.25) is 0 Å². The Morgan fingerprint density at radius 2 is 2.25 bits per heavy atom. The molecule has 0 radical (unpaired) electrons. The van der Waals surface area contributed by atoms with Crippen LogP contribution in [0.3, 0.4) is 0 Å². The van der Waals surface area contributed by atoms with E-state index in [9.17, 15) is 4.79 Å². The minimum absolute atomic E-state index is 0.105. The number of nitrogens with zero attached hydrogens (tertiary/aromatic N) is 3. The Morgan fingerprint density at radius 3 is 2.88 bits per heavy atom. The van der Waals surface area contributed by atoms with Gasteiger partial charge in [-0.1, -0.05) is 25.0 Å². The lowest BCUT2D eigenvalue weighted by molar-refractivity contribution is 0.0905. The Morgan fingerprint density at radius 1 is 1.50 bits per heavy atom. The average molecular weight is 222 g/mol. The van der Waals surface area contributed by atoms with E-state index in [1.165, 1.54) is 19.3 Å². The van der Waals surface area contributed by atoms with E-state index in [1.54, 1.807) is 17.9 Å². The molecule has 1 heterocycles. The van der Waals surface area contributed by atoms with Gasteiger partial charge in [0.1, 0.15) is 0 Å². The second-order valence-electron chi connectivity index (χ2n) is 4.62. The van der Waals surface area contributed by atoms with Crippen molar-refractivity contribution in [1.82, 2.24) is 20.3 Å². The SMILES string of the molecule is CC1CCCCC1NC(=O)c1cn(C)nn1. The molecule has 0 saturated heterocycles. The van der Waals surface area contributed by atoms with Crippen LogP contribution < -0.4 is 5.32 Å². The number of carbonyl (C=O) groups is 1. The molecule has 1 aromatic heterocycles. The van der Waals surface area contributed by atoms with E-state index in [0.29, 0.717) is 17.7 Å². The minimum atomic E-state index is -0.105. The third-order valence-corrected chi connectivity index (χ3v) is 3.26. The quantitative estimate of drug-likeness (QED) is 0.815. The Balaban J connectivity index is 1.96. The van der Waals surface area contributed by atoms with Gasteiger partial charge in [-0.3, -0.25) is 9.48 Å². The third kappa shape index (κ3) is 2.40. The zero-order chi connectivity index (χ0) is 11.5. The van der Waals surface area contributed by atoms with Crippen LogP contribution in [0.1, 0.15) is 43.1 Å². The van der Waals surface area contributed by atoms with E-state index in [-0.39, 0.29) is 5.91 Å². The number of hydrogen-bond donors (Lipinski definition) is 1. The summed E-state index contributed by atoms with van der Waals surface area (Å²) < 4.78 is 1.54. The fraction of sp³-hybridized carbons (Fsp3) is 0.727. The third-order valence-electron chi connectivity index (χ3n) is 3.26. The largest absolute Gasteiger partial charge is 0.348 e. The zero-order valence-corrected chi connectivity index (χ0v) is 9.81. The average Bonchev–Trinajstić information content (AvgIpc) is 2.68. The van der Waals surface area contributed by atoms with Crippen LogP contribution in [0.15, 0.2) is 6.20 Å². The number of rotatable bonds is 2. The lowest BCUT2D eigenvalue weighted by atomic mass is 9.86. The Kier molecular flexibility index (Phi) is 3.22. The molecule has 1 N–H and O–H groups in total. The van der Waals surface area contributed by atoms with Crippen molar-refractivity contribution in [2.45, 2.75) is 38.6 Å². The smallest absolute Gasteiger partial charge is 0.273 e. The van der Waals surface area contributed by atoms with Crippen molar-refractivity contribution in [3.8, 4) is 0 Å². The van der Waals surface area contributed by atoms with Gasteiger partial charge < -0.3 is 5.32 Å². The van der Waals surface area contributed by atoms with Crippen LogP contribution in [0.4, 0.5) is 0 Å². The maximum absolute atomic E-state index is 11.8. The molecular weight excluding hydrogens is 204 g/mol. The minimum Gasteiger partial charge on any atom is -0.348 e. The first kappa shape index (κ1) is 11.1. The number of aryl methyl sites for hydroxylation is 1. The molecule has 1 aliphatic rings. The molecule has 2 rings (SSSR count). The molecule has 5 heteroatoms. The molecule has 5 nitrogen and oxygen atoms in total. The molecule has 0 aromatic carbocycles. The summed E-state index contributed by atoms with van der Waals surface area (Å²) in [7, 11) is 1.76. The molecule has 1 aliphatic carbocycles. The van der Waals surface area contributed by atoms with Crippen LogP contribution >= 0.6 is 0 Å². The predicted molar refractivity (Wildman–Crippen MR) is 59.9 cm³/mol. The molecule has 1 saturated carbocycles. The van der Waals surface area contributed by atoms with Crippen LogP contribution in [0.25, 0.3) is 0 Å². The molecule has 1 fully saturated rings. The number of carbonyl (C=O) groups excluding carboxylic acids is 1. The fourth-order valence-electron chi connectivity index (χ4n) is 2.22. The van der Waals surface area contributed by atoms with Gasteiger partial charge in [-0.2, -0.15) is 0 Å². The maximum atomic E-state index is 11.8. The van der Waals surface area contributed by atoms with Crippen molar-refractivity contribution in [3.63, 3.8) is 0 Å². The first-order valence-corrected chi connectivity index (χ1v) is 5.84. The lowest BCUT2D eigenvalue weighted by Gasteiger charge is -2.29. The van der Waals surface area contributed by atoms with Gasteiger partial charge in [0.25, 0.3) is 5.91 Å². The number of aromatic nitrogens is 3. The normalized spacial score (nSPS) is 25.4. The molecule has 0 aliphatic heterocycles. The van der Waals surface area contributed by atoms with Crippen molar-refractivity contribution in [3.05, 3.63) is 11.9 Å². The summed E-state index contributed by atoms with van der Waals surface area (Å²) in [6.45, 7) is 2.20. The van der Waals surface area contributed by atoms with Crippen LogP contribution in [0, 0.1) is 5.92 Å². The van der Waals surface area contributed by atoms with Crippen LogP contribution in [-0.2, 0) is 7.05 Å². The first-order valence-electron chi connectivity index (χ1n) is 5.84. The van der Waals surface area contributed by atoms with Gasteiger partial charge in [-0.05, 0) is 18.8 Å². The van der Waals surface area contributed by atoms with Crippen molar-refractivity contribution >= 4 is 5.91 Å². The Labute approximate surface area is 95.2 Å². The van der Waals surface area contributed by atoms with E-state index in [1.807, 2.05) is 0 Å². The fourth-order valence-corrected chi connectivity index (χ4v) is 2.22. The van der Waals surface area contributed by atoms with E-state index in [4.69, 9.17) is 0 Å². The molecule has 2 unspecified atom stereocenters. The van der Waals surface area contributed by atoms with E-state index in [0.717, 1.165) is 6.42 Å². The molecule has 16 heavy (non-hydrogen) atoms. The van der Waals surface area contributed by atoms with Gasteiger partial charge in [-0.25, -0.2) is 0 Å². The highest BCUT2D eigenvalue weighted by Gasteiger charge is 2.23.